The van der Waals surface area contributed by atoms with Crippen LogP contribution in [0.1, 0.15) is 13.3 Å². The van der Waals surface area contributed by atoms with Crippen LogP contribution >= 0.6 is 0 Å². The summed E-state index contributed by atoms with van der Waals surface area (Å²) < 4.78 is 0. The summed E-state index contributed by atoms with van der Waals surface area (Å²) >= 11 is 0. The van der Waals surface area contributed by atoms with Crippen LogP contribution in [0.5, 0.6) is 0 Å². The van der Waals surface area contributed by atoms with Crippen molar-refractivity contribution in [1.29, 1.82) is 0 Å². The molecule has 40 valence electrons. The molecule has 2 unspecified atom stereocenters. The highest BCUT2D eigenvalue weighted by Gasteiger charge is 2.44. The Morgan fingerprint density at radius 2 is 2.14 bits per heavy atom. The molecule has 2 fully saturated rings. The van der Waals surface area contributed by atoms with Crippen molar-refractivity contribution < 1.29 is 0 Å². The summed E-state index contributed by atoms with van der Waals surface area (Å²) in [6.45, 7) is 3.64. The predicted octanol–water partition coefficient (Wildman–Crippen LogP) is 0.614. The van der Waals surface area contributed by atoms with E-state index in [1.807, 2.05) is 0 Å². The van der Waals surface area contributed by atoms with Gasteiger partial charge in [0.2, 0.25) is 0 Å². The molecule has 2 aliphatic rings. The fraction of sp³-hybridized carbons (Fsp3) is 1.00. The topological polar surface area (TPSA) is 21.9 Å². The van der Waals surface area contributed by atoms with Crippen LogP contribution in [-0.2, 0) is 0 Å². The maximum Gasteiger partial charge on any atom is 0.0224 e. The van der Waals surface area contributed by atoms with Gasteiger partial charge in [-0.2, -0.15) is 0 Å². The minimum atomic E-state index is 0.940. The van der Waals surface area contributed by atoms with Gasteiger partial charge >= 0.3 is 0 Å². The van der Waals surface area contributed by atoms with Crippen molar-refractivity contribution in [3.8, 4) is 0 Å². The highest BCUT2D eigenvalue weighted by molar-refractivity contribution is 5.00. The summed E-state index contributed by atoms with van der Waals surface area (Å²) in [6.07, 6.45) is 1.48. The molecule has 1 saturated carbocycles. The summed E-state index contributed by atoms with van der Waals surface area (Å²) in [5.74, 6) is 2.11. The second kappa shape index (κ2) is 1.03. The molecule has 1 heterocycles. The molecular formula is C6H11N. The molecule has 2 rings (SSSR count). The fourth-order valence-corrected chi connectivity index (χ4v) is 1.28. The van der Waals surface area contributed by atoms with Crippen LogP contribution in [0.25, 0.3) is 0 Å². The monoisotopic (exact) mass is 97.1 g/mol. The first-order valence-electron chi connectivity index (χ1n) is 3.11. The molecular weight excluding hydrogens is 86.1 g/mol. The summed E-state index contributed by atoms with van der Waals surface area (Å²) in [5.41, 5.74) is 0. The summed E-state index contributed by atoms with van der Waals surface area (Å²) in [4.78, 5) is 0. The highest BCUT2D eigenvalue weighted by Crippen LogP contribution is 2.43. The average Bonchev–Trinajstić information content (AvgIpc) is 2.23. The molecule has 1 aliphatic carbocycles. The molecule has 0 aromatic heterocycles. The standard InChI is InChI=1S/C6H11N/c1-4-2-5(4)6-3-7-6/h4-7H,2-3H2,1H3/t4?,5-,6?/m0/s1. The summed E-state index contributed by atoms with van der Waals surface area (Å²) in [5, 5.41) is 3.33. The number of rotatable bonds is 1. The Hall–Kier alpha value is -0.0400. The fourth-order valence-electron chi connectivity index (χ4n) is 1.28. The van der Waals surface area contributed by atoms with E-state index in [0.29, 0.717) is 0 Å². The van der Waals surface area contributed by atoms with Gasteiger partial charge in [-0.15, -0.1) is 0 Å². The first kappa shape index (κ1) is 3.90. The Balaban J connectivity index is 1.88. The van der Waals surface area contributed by atoms with Gasteiger partial charge in [0.1, 0.15) is 0 Å². The van der Waals surface area contributed by atoms with E-state index in [0.717, 1.165) is 17.9 Å². The van der Waals surface area contributed by atoms with Gasteiger partial charge in [-0.1, -0.05) is 6.92 Å². The quantitative estimate of drug-likeness (QED) is 0.476. The Labute approximate surface area is 44.1 Å². The predicted molar refractivity (Wildman–Crippen MR) is 29.1 cm³/mol. The van der Waals surface area contributed by atoms with Crippen LogP contribution in [0, 0.1) is 11.8 Å². The van der Waals surface area contributed by atoms with Gasteiger partial charge in [0, 0.05) is 12.6 Å². The maximum absolute atomic E-state index is 3.33. The molecule has 0 bridgehead atoms. The normalized spacial score (nSPS) is 57.0. The van der Waals surface area contributed by atoms with Crippen molar-refractivity contribution >= 4 is 0 Å². The van der Waals surface area contributed by atoms with Gasteiger partial charge in [0.25, 0.3) is 0 Å². The van der Waals surface area contributed by atoms with Crippen molar-refractivity contribution in [3.05, 3.63) is 0 Å². The van der Waals surface area contributed by atoms with Gasteiger partial charge in [0.15, 0.2) is 0 Å². The van der Waals surface area contributed by atoms with Gasteiger partial charge in [-0.05, 0) is 18.3 Å². The largest absolute Gasteiger partial charge is 0.311 e. The summed E-state index contributed by atoms with van der Waals surface area (Å²) in [7, 11) is 0. The van der Waals surface area contributed by atoms with Crippen molar-refractivity contribution in [2.24, 2.45) is 11.8 Å². The van der Waals surface area contributed by atoms with E-state index in [1.54, 1.807) is 0 Å². The van der Waals surface area contributed by atoms with Crippen LogP contribution in [0.15, 0.2) is 0 Å². The Kier molecular flexibility index (Phi) is 0.571. The Morgan fingerprint density at radius 3 is 2.29 bits per heavy atom. The lowest BCUT2D eigenvalue weighted by molar-refractivity contribution is 0.731. The molecule has 3 atom stereocenters. The lowest BCUT2D eigenvalue weighted by atomic mass is 10.3. The molecule has 0 radical (unpaired) electrons. The molecule has 7 heavy (non-hydrogen) atoms. The van der Waals surface area contributed by atoms with Gasteiger partial charge in [-0.25, -0.2) is 0 Å². The maximum atomic E-state index is 3.33. The lowest BCUT2D eigenvalue weighted by Crippen LogP contribution is -1.92. The third kappa shape index (κ3) is 0.556. The van der Waals surface area contributed by atoms with E-state index in [1.165, 1.54) is 13.0 Å². The molecule has 1 heteroatoms. The average molecular weight is 97.2 g/mol. The van der Waals surface area contributed by atoms with Crippen molar-refractivity contribution in [2.45, 2.75) is 19.4 Å². The molecule has 0 spiro atoms. The second-order valence-corrected chi connectivity index (χ2v) is 2.89. The zero-order chi connectivity index (χ0) is 4.85. The van der Waals surface area contributed by atoms with E-state index in [9.17, 15) is 0 Å². The zero-order valence-electron chi connectivity index (χ0n) is 4.65. The third-order valence-corrected chi connectivity index (χ3v) is 2.13. The van der Waals surface area contributed by atoms with E-state index < -0.39 is 0 Å². The highest BCUT2D eigenvalue weighted by atomic mass is 15.1. The minimum Gasteiger partial charge on any atom is -0.311 e. The minimum absolute atomic E-state index is 0.940. The Morgan fingerprint density at radius 1 is 1.57 bits per heavy atom. The molecule has 1 nitrogen and oxygen atoms in total. The van der Waals surface area contributed by atoms with Crippen LogP contribution in [0.3, 0.4) is 0 Å². The molecule has 0 aromatic rings. The molecule has 0 aromatic carbocycles. The number of hydrogen-bond acceptors (Lipinski definition) is 1. The molecule has 1 N–H and O–H groups in total. The van der Waals surface area contributed by atoms with Crippen molar-refractivity contribution in [3.63, 3.8) is 0 Å². The molecule has 1 aliphatic heterocycles. The third-order valence-electron chi connectivity index (χ3n) is 2.13. The van der Waals surface area contributed by atoms with E-state index >= 15 is 0 Å². The SMILES string of the molecule is CC1C[C@@H]1C1CN1. The van der Waals surface area contributed by atoms with Gasteiger partial charge < -0.3 is 5.32 Å². The smallest absolute Gasteiger partial charge is 0.0224 e. The van der Waals surface area contributed by atoms with Crippen LogP contribution < -0.4 is 5.32 Å². The van der Waals surface area contributed by atoms with E-state index in [-0.39, 0.29) is 0 Å². The van der Waals surface area contributed by atoms with Crippen molar-refractivity contribution in [1.82, 2.24) is 5.32 Å². The number of hydrogen-bond donors (Lipinski definition) is 1. The molecule has 1 saturated heterocycles. The zero-order valence-corrected chi connectivity index (χ0v) is 4.65. The van der Waals surface area contributed by atoms with Crippen LogP contribution in [-0.4, -0.2) is 12.6 Å². The first-order valence-corrected chi connectivity index (χ1v) is 3.11. The van der Waals surface area contributed by atoms with Crippen LogP contribution in [0.2, 0.25) is 0 Å². The Bertz CT molecular complexity index is 86.2. The first-order chi connectivity index (χ1) is 3.38. The van der Waals surface area contributed by atoms with Gasteiger partial charge in [-0.3, -0.25) is 0 Å². The van der Waals surface area contributed by atoms with Crippen LogP contribution in [0.4, 0.5) is 0 Å². The van der Waals surface area contributed by atoms with E-state index in [4.69, 9.17) is 0 Å². The second-order valence-electron chi connectivity index (χ2n) is 2.89. The number of nitrogens with one attached hydrogen (secondary N) is 1. The van der Waals surface area contributed by atoms with Crippen molar-refractivity contribution in [2.75, 3.05) is 6.54 Å². The van der Waals surface area contributed by atoms with Gasteiger partial charge in [0.05, 0.1) is 0 Å². The summed E-state index contributed by atoms with van der Waals surface area (Å²) in [6, 6.07) is 0.940. The van der Waals surface area contributed by atoms with E-state index in [2.05, 4.69) is 12.2 Å². The lowest BCUT2D eigenvalue weighted by Gasteiger charge is -1.81. The molecule has 0 amide bonds.